The molecular formula is C22H24N6O. The molecular weight excluding hydrogens is 364 g/mol. The maximum atomic E-state index is 12.8. The summed E-state index contributed by atoms with van der Waals surface area (Å²) in [4.78, 5) is 25.0. The van der Waals surface area contributed by atoms with Gasteiger partial charge in [0.25, 0.3) is 5.91 Å². The van der Waals surface area contributed by atoms with Crippen LogP contribution in [0.3, 0.4) is 0 Å². The van der Waals surface area contributed by atoms with E-state index in [9.17, 15) is 4.79 Å². The summed E-state index contributed by atoms with van der Waals surface area (Å²) in [7, 11) is 0. The molecule has 0 bridgehead atoms. The van der Waals surface area contributed by atoms with Gasteiger partial charge in [0.15, 0.2) is 5.82 Å². The molecule has 7 nitrogen and oxygen atoms in total. The van der Waals surface area contributed by atoms with Crippen LogP contribution in [0.4, 0.5) is 0 Å². The minimum atomic E-state index is -0.111. The normalized spacial score (nSPS) is 11.3. The van der Waals surface area contributed by atoms with Crippen LogP contribution in [0.25, 0.3) is 16.9 Å². The molecule has 148 valence electrons. The van der Waals surface area contributed by atoms with Gasteiger partial charge < -0.3 is 10.3 Å². The number of fused-ring (bicyclic) bond motifs is 1. The summed E-state index contributed by atoms with van der Waals surface area (Å²) in [6.45, 7) is 4.67. The lowest BCUT2D eigenvalue weighted by molar-refractivity contribution is 0.0952. The molecule has 0 spiro atoms. The molecule has 0 saturated carbocycles. The molecule has 2 N–H and O–H groups in total. The van der Waals surface area contributed by atoms with Gasteiger partial charge in [-0.15, -0.1) is 0 Å². The van der Waals surface area contributed by atoms with Crippen LogP contribution in [-0.2, 0) is 6.42 Å². The summed E-state index contributed by atoms with van der Waals surface area (Å²) in [5.41, 5.74) is 3.46. The highest BCUT2D eigenvalue weighted by Gasteiger charge is 2.21. The first-order valence-corrected chi connectivity index (χ1v) is 9.84. The van der Waals surface area contributed by atoms with E-state index >= 15 is 0 Å². The van der Waals surface area contributed by atoms with E-state index in [-0.39, 0.29) is 11.8 Å². The number of nitrogens with zero attached hydrogens (tertiary/aromatic N) is 4. The molecule has 0 saturated heterocycles. The summed E-state index contributed by atoms with van der Waals surface area (Å²) in [6.07, 6.45) is 4.92. The number of amides is 1. The van der Waals surface area contributed by atoms with Crippen molar-refractivity contribution in [2.75, 3.05) is 6.54 Å². The maximum Gasteiger partial charge on any atom is 0.254 e. The number of H-pyrrole nitrogens is 1. The Bertz CT molecular complexity index is 1080. The fraction of sp³-hybridized carbons (Fsp3) is 0.273. The third-order valence-corrected chi connectivity index (χ3v) is 4.78. The van der Waals surface area contributed by atoms with Crippen LogP contribution in [0.15, 0.2) is 54.9 Å². The van der Waals surface area contributed by atoms with Gasteiger partial charge in [0.05, 0.1) is 28.5 Å². The fourth-order valence-electron chi connectivity index (χ4n) is 3.43. The topological polar surface area (TPSA) is 88.5 Å². The van der Waals surface area contributed by atoms with Gasteiger partial charge in [-0.1, -0.05) is 32.0 Å². The second-order valence-corrected chi connectivity index (χ2v) is 7.26. The zero-order valence-electron chi connectivity index (χ0n) is 16.6. The van der Waals surface area contributed by atoms with Crippen LogP contribution in [0.2, 0.25) is 0 Å². The molecule has 29 heavy (non-hydrogen) atoms. The average Bonchev–Trinajstić information content (AvgIpc) is 3.36. The first kappa shape index (κ1) is 18.9. The van der Waals surface area contributed by atoms with Crippen LogP contribution < -0.4 is 5.32 Å². The van der Waals surface area contributed by atoms with Gasteiger partial charge in [-0.05, 0) is 36.6 Å². The number of imidazole rings is 1. The summed E-state index contributed by atoms with van der Waals surface area (Å²) in [5, 5.41) is 7.42. The lowest BCUT2D eigenvalue weighted by atomic mass is 10.1. The molecule has 0 radical (unpaired) electrons. The minimum Gasteiger partial charge on any atom is -0.352 e. The molecule has 4 rings (SSSR count). The summed E-state index contributed by atoms with van der Waals surface area (Å²) in [6, 6.07) is 13.6. The number of para-hydroxylation sites is 2. The first-order valence-electron chi connectivity index (χ1n) is 9.84. The minimum absolute atomic E-state index is 0.111. The monoisotopic (exact) mass is 388 g/mol. The van der Waals surface area contributed by atoms with Crippen molar-refractivity contribution in [3.8, 4) is 5.82 Å². The predicted molar refractivity (Wildman–Crippen MR) is 112 cm³/mol. The number of aromatic amines is 1. The Kier molecular flexibility index (Phi) is 5.37. The van der Waals surface area contributed by atoms with E-state index in [1.54, 1.807) is 17.1 Å². The molecule has 0 aliphatic heterocycles. The Morgan fingerprint density at radius 2 is 2.00 bits per heavy atom. The van der Waals surface area contributed by atoms with Gasteiger partial charge in [0.2, 0.25) is 0 Å². The Hall–Kier alpha value is -3.48. The quantitative estimate of drug-likeness (QED) is 0.473. The molecule has 0 atom stereocenters. The summed E-state index contributed by atoms with van der Waals surface area (Å²) < 4.78 is 1.74. The van der Waals surface area contributed by atoms with Crippen LogP contribution >= 0.6 is 0 Å². The SMILES string of the molecule is CC(C)c1c(C(=O)NCCCc2nc3ccccc3[nH]2)cnn1-c1ccccn1. The van der Waals surface area contributed by atoms with Crippen LogP contribution in [-0.4, -0.2) is 37.2 Å². The van der Waals surface area contributed by atoms with Crippen molar-refractivity contribution in [3.63, 3.8) is 0 Å². The first-order chi connectivity index (χ1) is 14.1. The third kappa shape index (κ3) is 4.03. The summed E-state index contributed by atoms with van der Waals surface area (Å²) >= 11 is 0. The van der Waals surface area contributed by atoms with E-state index in [0.29, 0.717) is 17.9 Å². The number of rotatable bonds is 7. The number of hydrogen-bond donors (Lipinski definition) is 2. The van der Waals surface area contributed by atoms with Gasteiger partial charge >= 0.3 is 0 Å². The largest absolute Gasteiger partial charge is 0.352 e. The number of nitrogens with one attached hydrogen (secondary N) is 2. The van der Waals surface area contributed by atoms with Crippen molar-refractivity contribution in [3.05, 3.63) is 71.9 Å². The van der Waals surface area contributed by atoms with Crippen LogP contribution in [0.5, 0.6) is 0 Å². The van der Waals surface area contributed by atoms with Crippen molar-refractivity contribution < 1.29 is 4.79 Å². The number of pyridine rings is 1. The van der Waals surface area contributed by atoms with E-state index < -0.39 is 0 Å². The fourth-order valence-corrected chi connectivity index (χ4v) is 3.43. The van der Waals surface area contributed by atoms with E-state index in [4.69, 9.17) is 0 Å². The smallest absolute Gasteiger partial charge is 0.254 e. The number of aryl methyl sites for hydroxylation is 1. The lowest BCUT2D eigenvalue weighted by Gasteiger charge is -2.12. The number of hydrogen-bond acceptors (Lipinski definition) is 4. The second kappa shape index (κ2) is 8.26. The second-order valence-electron chi connectivity index (χ2n) is 7.26. The van der Waals surface area contributed by atoms with Gasteiger partial charge in [-0.2, -0.15) is 5.10 Å². The van der Waals surface area contributed by atoms with Gasteiger partial charge in [0.1, 0.15) is 5.82 Å². The van der Waals surface area contributed by atoms with Crippen molar-refractivity contribution >= 4 is 16.9 Å². The summed E-state index contributed by atoms with van der Waals surface area (Å²) in [5.74, 6) is 1.67. The number of carbonyl (C=O) groups excluding carboxylic acids is 1. The van der Waals surface area contributed by atoms with E-state index in [2.05, 4.69) is 39.2 Å². The van der Waals surface area contributed by atoms with E-state index in [1.807, 2.05) is 42.5 Å². The van der Waals surface area contributed by atoms with E-state index in [0.717, 1.165) is 35.4 Å². The predicted octanol–water partition coefficient (Wildman–Crippen LogP) is 3.63. The molecule has 0 unspecified atom stereocenters. The van der Waals surface area contributed by atoms with Crippen molar-refractivity contribution in [2.24, 2.45) is 0 Å². The third-order valence-electron chi connectivity index (χ3n) is 4.78. The standard InChI is InChI=1S/C22H24N6O/c1-15(2)21-16(14-25-28(21)20-11-5-6-12-23-20)22(29)24-13-7-10-19-26-17-8-3-4-9-18(17)27-19/h3-6,8-9,11-12,14-15H,7,10,13H2,1-2H3,(H,24,29)(H,26,27). The highest BCUT2D eigenvalue weighted by atomic mass is 16.1. The van der Waals surface area contributed by atoms with Crippen molar-refractivity contribution in [1.82, 2.24) is 30.0 Å². The zero-order chi connectivity index (χ0) is 20.2. The molecule has 3 aromatic heterocycles. The average molecular weight is 388 g/mol. The number of carbonyl (C=O) groups is 1. The molecule has 7 heteroatoms. The molecule has 0 aliphatic rings. The molecule has 1 amide bonds. The van der Waals surface area contributed by atoms with Crippen LogP contribution in [0.1, 0.15) is 48.1 Å². The van der Waals surface area contributed by atoms with Crippen molar-refractivity contribution in [1.29, 1.82) is 0 Å². The number of benzene rings is 1. The highest BCUT2D eigenvalue weighted by Crippen LogP contribution is 2.22. The molecule has 3 heterocycles. The number of aromatic nitrogens is 5. The van der Waals surface area contributed by atoms with Gasteiger partial charge in [-0.25, -0.2) is 14.6 Å². The van der Waals surface area contributed by atoms with Gasteiger partial charge in [-0.3, -0.25) is 4.79 Å². The van der Waals surface area contributed by atoms with Gasteiger partial charge in [0, 0.05) is 19.2 Å². The maximum absolute atomic E-state index is 12.8. The Balaban J connectivity index is 1.40. The highest BCUT2D eigenvalue weighted by molar-refractivity contribution is 5.95. The van der Waals surface area contributed by atoms with E-state index in [1.165, 1.54) is 0 Å². The van der Waals surface area contributed by atoms with Crippen molar-refractivity contribution in [2.45, 2.75) is 32.6 Å². The molecule has 0 fully saturated rings. The molecule has 4 aromatic rings. The Morgan fingerprint density at radius 3 is 2.76 bits per heavy atom. The zero-order valence-corrected chi connectivity index (χ0v) is 16.6. The lowest BCUT2D eigenvalue weighted by Crippen LogP contribution is -2.26. The molecule has 1 aromatic carbocycles. The van der Waals surface area contributed by atoms with Crippen LogP contribution in [0, 0.1) is 0 Å². The molecule has 0 aliphatic carbocycles. The Morgan fingerprint density at radius 1 is 1.17 bits per heavy atom. The Labute approximate surface area is 169 Å².